The molecule has 0 saturated carbocycles. The highest BCUT2D eigenvalue weighted by Gasteiger charge is 2.53. The van der Waals surface area contributed by atoms with Gasteiger partial charge in [-0.3, -0.25) is 14.5 Å². The van der Waals surface area contributed by atoms with E-state index in [2.05, 4.69) is 22.0 Å². The number of hydrogen-bond donors (Lipinski definition) is 2. The number of hydrogen-bond acceptors (Lipinski definition) is 11. The molecule has 3 aromatic heterocycles. The van der Waals surface area contributed by atoms with Gasteiger partial charge in [-0.1, -0.05) is 29.6 Å². The third-order valence-corrected chi connectivity index (χ3v) is 9.20. The number of fused-ring (bicyclic) bond motifs is 2. The standard InChI is InChI=1S/C24H23N7O5S3/c1-3-7-29-8-9-30-15(29)5-4-6-16(30)37-10-13-11-38-22-18(21(33)31(22)19(13)23(34)35)27-20(32)17(28-36-2)14-12-39-24(25)26-14/h3-6,8-9,12,18,22H,1,7,10-11H2,2H3,(H3-,25,26,27,32,34,35)/b28-17-/t18-,22-/m1/s1. The fourth-order valence-corrected chi connectivity index (χ4v) is 7.41. The molecule has 2 atom stereocenters. The van der Waals surface area contributed by atoms with Crippen molar-refractivity contribution in [3.8, 4) is 0 Å². The van der Waals surface area contributed by atoms with Gasteiger partial charge in [0.1, 0.15) is 43.2 Å². The van der Waals surface area contributed by atoms with Crippen LogP contribution in [0.25, 0.3) is 5.65 Å². The Kier molecular flexibility index (Phi) is 7.63. The van der Waals surface area contributed by atoms with E-state index < -0.39 is 29.2 Å². The van der Waals surface area contributed by atoms with Gasteiger partial charge in [-0.25, -0.2) is 9.55 Å². The van der Waals surface area contributed by atoms with Gasteiger partial charge in [-0.15, -0.1) is 23.1 Å². The van der Waals surface area contributed by atoms with Crippen molar-refractivity contribution in [2.75, 3.05) is 24.3 Å². The monoisotopic (exact) mass is 585 g/mol. The second kappa shape index (κ2) is 11.1. The Bertz CT molecular complexity index is 1550. The predicted octanol–water partition coefficient (Wildman–Crippen LogP) is -0.00180. The summed E-state index contributed by atoms with van der Waals surface area (Å²) in [6.45, 7) is 4.45. The molecule has 0 unspecified atom stereocenters. The number of amides is 2. The molecule has 12 nitrogen and oxygen atoms in total. The highest BCUT2D eigenvalue weighted by atomic mass is 32.2. The van der Waals surface area contributed by atoms with Crippen molar-refractivity contribution >= 4 is 69.1 Å². The van der Waals surface area contributed by atoms with Gasteiger partial charge < -0.3 is 25.8 Å². The molecule has 0 aliphatic carbocycles. The fourth-order valence-electron chi connectivity index (χ4n) is 4.35. The molecule has 2 aliphatic heterocycles. The summed E-state index contributed by atoms with van der Waals surface area (Å²) in [5, 5.41) is 20.6. The molecule has 0 bridgehead atoms. The largest absolute Gasteiger partial charge is 0.543 e. The number of imidazole rings is 1. The van der Waals surface area contributed by atoms with Gasteiger partial charge in [-0.2, -0.15) is 4.40 Å². The zero-order valence-electron chi connectivity index (χ0n) is 20.6. The van der Waals surface area contributed by atoms with Crippen LogP contribution in [0, 0.1) is 0 Å². The summed E-state index contributed by atoms with van der Waals surface area (Å²) >= 11 is 3.97. The number of rotatable bonds is 10. The minimum Gasteiger partial charge on any atom is -0.543 e. The van der Waals surface area contributed by atoms with Crippen molar-refractivity contribution in [1.82, 2.24) is 19.6 Å². The van der Waals surface area contributed by atoms with E-state index >= 15 is 0 Å². The lowest BCUT2D eigenvalue weighted by molar-refractivity contribution is -0.660. The molecule has 202 valence electrons. The molecule has 0 spiro atoms. The molecule has 3 aromatic rings. The Labute approximate surface area is 235 Å². The summed E-state index contributed by atoms with van der Waals surface area (Å²) in [4.78, 5) is 48.2. The van der Waals surface area contributed by atoms with Crippen molar-refractivity contribution in [3.05, 3.63) is 65.6 Å². The van der Waals surface area contributed by atoms with Crippen LogP contribution in [-0.4, -0.2) is 67.8 Å². The summed E-state index contributed by atoms with van der Waals surface area (Å²) in [6, 6.07) is 4.92. The van der Waals surface area contributed by atoms with E-state index in [4.69, 9.17) is 10.6 Å². The lowest BCUT2D eigenvalue weighted by atomic mass is 10.0. The van der Waals surface area contributed by atoms with E-state index in [0.29, 0.717) is 23.6 Å². The number of anilines is 1. The number of oxime groups is 1. The fraction of sp³-hybridized carbons (Fsp3) is 0.250. The smallest absolute Gasteiger partial charge is 0.287 e. The second-order valence-electron chi connectivity index (χ2n) is 8.41. The lowest BCUT2D eigenvalue weighted by Gasteiger charge is -2.50. The van der Waals surface area contributed by atoms with E-state index in [9.17, 15) is 19.5 Å². The van der Waals surface area contributed by atoms with Crippen molar-refractivity contribution in [3.63, 3.8) is 0 Å². The molecule has 0 radical (unpaired) electrons. The number of allylic oxidation sites excluding steroid dienone is 1. The van der Waals surface area contributed by atoms with Gasteiger partial charge in [0.15, 0.2) is 15.9 Å². The van der Waals surface area contributed by atoms with Crippen molar-refractivity contribution in [2.24, 2.45) is 5.16 Å². The first kappa shape index (κ1) is 26.8. The molecule has 1 saturated heterocycles. The van der Waals surface area contributed by atoms with Crippen LogP contribution in [-0.2, 0) is 25.8 Å². The maximum absolute atomic E-state index is 13.1. The number of nitrogens with zero attached hydrogens (tertiary/aromatic N) is 5. The van der Waals surface area contributed by atoms with Crippen LogP contribution in [0.2, 0.25) is 0 Å². The minimum atomic E-state index is -1.43. The number of carboxylic acids is 1. The molecule has 2 amide bonds. The number of nitrogen functional groups attached to an aromatic ring is 1. The molecule has 5 heterocycles. The number of nitrogens with two attached hydrogens (primary N) is 1. The van der Waals surface area contributed by atoms with Gasteiger partial charge in [-0.05, 0) is 17.7 Å². The van der Waals surface area contributed by atoms with Crippen molar-refractivity contribution in [1.29, 1.82) is 0 Å². The Balaban J connectivity index is 1.32. The van der Waals surface area contributed by atoms with E-state index in [1.54, 1.807) is 5.38 Å². The summed E-state index contributed by atoms with van der Waals surface area (Å²) in [5.41, 5.74) is 7.12. The third-order valence-electron chi connectivity index (χ3n) is 6.07. The highest BCUT2D eigenvalue weighted by molar-refractivity contribution is 8.01. The van der Waals surface area contributed by atoms with Gasteiger partial charge in [0.2, 0.25) is 0 Å². The van der Waals surface area contributed by atoms with Gasteiger partial charge in [0.25, 0.3) is 17.5 Å². The average molecular weight is 586 g/mol. The van der Waals surface area contributed by atoms with Crippen molar-refractivity contribution < 1.29 is 28.9 Å². The zero-order chi connectivity index (χ0) is 27.7. The number of carboxylic acid groups (broad SMARTS) is 1. The van der Waals surface area contributed by atoms with E-state index in [-0.39, 0.29) is 22.2 Å². The number of carbonyl (C=O) groups excluding carboxylic acids is 3. The zero-order valence-corrected chi connectivity index (χ0v) is 23.1. The number of pyridine rings is 1. The summed E-state index contributed by atoms with van der Waals surface area (Å²) in [7, 11) is 1.28. The third kappa shape index (κ3) is 4.99. The van der Waals surface area contributed by atoms with Gasteiger partial charge >= 0.3 is 0 Å². The number of aliphatic carboxylic acids is 1. The lowest BCUT2D eigenvalue weighted by Crippen LogP contribution is -2.71. The Morgan fingerprint density at radius 1 is 1.46 bits per heavy atom. The molecule has 1 fully saturated rings. The number of nitrogens with one attached hydrogen (secondary N) is 1. The first-order valence-corrected chi connectivity index (χ1v) is 14.5. The van der Waals surface area contributed by atoms with Crippen LogP contribution >= 0.6 is 34.9 Å². The molecule has 3 N–H and O–H groups in total. The van der Waals surface area contributed by atoms with Gasteiger partial charge in [0.05, 0.1) is 11.7 Å². The van der Waals surface area contributed by atoms with Crippen LogP contribution in [0.5, 0.6) is 0 Å². The molecule has 39 heavy (non-hydrogen) atoms. The van der Waals surface area contributed by atoms with Crippen LogP contribution in [0.1, 0.15) is 5.69 Å². The Hall–Kier alpha value is -3.82. The number of thioether (sulfide) groups is 2. The maximum Gasteiger partial charge on any atom is 0.287 e. The molecule has 0 aromatic carbocycles. The van der Waals surface area contributed by atoms with Crippen LogP contribution in [0.4, 0.5) is 5.13 Å². The first-order valence-electron chi connectivity index (χ1n) is 11.6. The SMILES string of the molecule is C=CC[n+]1ccn2c(SCC3=C(C(=O)[O-])N4C(=O)[C@@H](NC(=O)/C(=N\OC)c5csc(N)n5)[C@H]4SC3)cccc21. The molecule has 2 aliphatic rings. The molecular weight excluding hydrogens is 563 g/mol. The van der Waals surface area contributed by atoms with Crippen LogP contribution < -0.4 is 20.7 Å². The van der Waals surface area contributed by atoms with E-state index in [0.717, 1.165) is 22.0 Å². The molecule has 5 rings (SSSR count). The second-order valence-corrected chi connectivity index (χ2v) is 11.4. The average Bonchev–Trinajstić information content (AvgIpc) is 3.54. The normalized spacial score (nSPS) is 19.1. The first-order chi connectivity index (χ1) is 18.8. The van der Waals surface area contributed by atoms with E-state index in [1.165, 1.54) is 35.5 Å². The maximum atomic E-state index is 13.1. The van der Waals surface area contributed by atoms with E-state index in [1.807, 2.05) is 45.6 Å². The van der Waals surface area contributed by atoms with Crippen LogP contribution in [0.3, 0.4) is 0 Å². The summed E-state index contributed by atoms with van der Waals surface area (Å²) in [6.07, 6.45) is 5.70. The van der Waals surface area contributed by atoms with Crippen molar-refractivity contribution in [2.45, 2.75) is 23.0 Å². The van der Waals surface area contributed by atoms with Crippen LogP contribution in [0.15, 0.2) is 70.1 Å². The minimum absolute atomic E-state index is 0.140. The Morgan fingerprint density at radius 2 is 2.28 bits per heavy atom. The summed E-state index contributed by atoms with van der Waals surface area (Å²) in [5.74, 6) is -1.96. The number of carbonyl (C=O) groups is 3. The molecule has 15 heteroatoms. The topological polar surface area (TPSA) is 158 Å². The predicted molar refractivity (Wildman–Crippen MR) is 146 cm³/mol. The number of aromatic nitrogens is 3. The Morgan fingerprint density at radius 3 is 2.97 bits per heavy atom. The number of β-lactam (4-membered cyclic amide) rings is 1. The summed E-state index contributed by atoms with van der Waals surface area (Å²) < 4.78 is 4.06. The highest BCUT2D eigenvalue weighted by Crippen LogP contribution is 2.41. The quantitative estimate of drug-likeness (QED) is 0.0834. The van der Waals surface area contributed by atoms with Gasteiger partial charge in [0, 0.05) is 23.0 Å². The molecular formula is C24H23N7O5S3. The number of thiazole rings is 1.